The van der Waals surface area contributed by atoms with Gasteiger partial charge in [-0.2, -0.15) is 5.10 Å². The molecule has 0 unspecified atom stereocenters. The first-order valence-corrected chi connectivity index (χ1v) is 9.38. The minimum Gasteiger partial charge on any atom is -0.335 e. The number of pyridine rings is 3. The molecule has 6 rings (SSSR count). The third-order valence-corrected chi connectivity index (χ3v) is 4.92. The van der Waals surface area contributed by atoms with Gasteiger partial charge >= 0.3 is 0 Å². The molecule has 2 N–H and O–H groups in total. The van der Waals surface area contributed by atoms with Gasteiger partial charge in [-0.15, -0.1) is 0 Å². The predicted molar refractivity (Wildman–Crippen MR) is 112 cm³/mol. The molecule has 9 nitrogen and oxygen atoms in total. The van der Waals surface area contributed by atoms with E-state index < -0.39 is 0 Å². The van der Waals surface area contributed by atoms with Crippen LogP contribution < -0.4 is 0 Å². The zero-order valence-corrected chi connectivity index (χ0v) is 15.9. The summed E-state index contributed by atoms with van der Waals surface area (Å²) >= 11 is 0. The normalized spacial score (nSPS) is 11.5. The lowest BCUT2D eigenvalue weighted by Crippen LogP contribution is -1.92. The van der Waals surface area contributed by atoms with Crippen LogP contribution in [0.5, 0.6) is 0 Å². The van der Waals surface area contributed by atoms with Crippen LogP contribution in [0.25, 0.3) is 50.7 Å². The van der Waals surface area contributed by atoms with Gasteiger partial charge in [-0.05, 0) is 31.2 Å². The first kappa shape index (κ1) is 16.5. The first-order chi connectivity index (χ1) is 14.8. The zero-order chi connectivity index (χ0) is 20.1. The second-order valence-corrected chi connectivity index (χ2v) is 6.94. The van der Waals surface area contributed by atoms with Crippen LogP contribution in [0.3, 0.4) is 0 Å². The van der Waals surface area contributed by atoms with Gasteiger partial charge in [-0.3, -0.25) is 15.1 Å². The monoisotopic (exact) mass is 393 g/mol. The molecular weight excluding hydrogens is 378 g/mol. The Morgan fingerprint density at radius 2 is 1.87 bits per heavy atom. The van der Waals surface area contributed by atoms with Crippen LogP contribution in [0.15, 0.2) is 61.4 Å². The lowest BCUT2D eigenvalue weighted by atomic mass is 10.2. The number of aromatic nitrogens is 9. The highest BCUT2D eigenvalue weighted by Crippen LogP contribution is 2.28. The van der Waals surface area contributed by atoms with Crippen molar-refractivity contribution in [2.75, 3.05) is 0 Å². The summed E-state index contributed by atoms with van der Waals surface area (Å²) in [7, 11) is 0. The fourth-order valence-corrected chi connectivity index (χ4v) is 3.49. The average molecular weight is 393 g/mol. The van der Waals surface area contributed by atoms with Crippen molar-refractivity contribution in [3.63, 3.8) is 0 Å². The molecule has 0 aromatic carbocycles. The van der Waals surface area contributed by atoms with E-state index in [0.717, 1.165) is 44.8 Å². The van der Waals surface area contributed by atoms with E-state index in [1.54, 1.807) is 24.9 Å². The second kappa shape index (κ2) is 6.31. The maximum atomic E-state index is 4.81. The SMILES string of the molecule is Cc1cn(-c2cncc3[nH]c(-c4n[nH]c5ccc(-c6ccccn6)nc45)nc23)cn1. The number of nitrogens with zero attached hydrogens (tertiary/aromatic N) is 7. The van der Waals surface area contributed by atoms with E-state index >= 15 is 0 Å². The Labute approximate surface area is 169 Å². The molecule has 0 atom stereocenters. The number of imidazole rings is 2. The summed E-state index contributed by atoms with van der Waals surface area (Å²) < 4.78 is 1.91. The molecule has 0 aliphatic rings. The Balaban J connectivity index is 1.52. The van der Waals surface area contributed by atoms with Crippen LogP contribution in [0.2, 0.25) is 0 Å². The minimum absolute atomic E-state index is 0.619. The van der Waals surface area contributed by atoms with Crippen molar-refractivity contribution < 1.29 is 0 Å². The topological polar surface area (TPSA) is 114 Å². The maximum absolute atomic E-state index is 4.81. The number of nitrogens with one attached hydrogen (secondary N) is 2. The largest absolute Gasteiger partial charge is 0.335 e. The van der Waals surface area contributed by atoms with E-state index in [0.29, 0.717) is 11.5 Å². The van der Waals surface area contributed by atoms with Crippen LogP contribution in [0.1, 0.15) is 5.69 Å². The van der Waals surface area contributed by atoms with E-state index in [4.69, 9.17) is 9.97 Å². The standard InChI is InChI=1S/C21H15N9/c1-12-10-30(11-24-12)17-9-22-8-16-18(17)27-21(26-16)20-19-15(28-29-20)6-5-14(25-19)13-4-2-3-7-23-13/h2-11H,1H3,(H,26,27)(H,28,29). The number of H-pyrrole nitrogens is 2. The number of aryl methyl sites for hydroxylation is 1. The highest BCUT2D eigenvalue weighted by atomic mass is 15.2. The quantitative estimate of drug-likeness (QED) is 0.476. The molecule has 6 aromatic rings. The molecule has 0 saturated carbocycles. The molecule has 0 spiro atoms. The molecule has 0 aliphatic heterocycles. The van der Waals surface area contributed by atoms with Crippen LogP contribution in [-0.4, -0.2) is 44.7 Å². The Bertz CT molecular complexity index is 1510. The van der Waals surface area contributed by atoms with Gasteiger partial charge in [0.25, 0.3) is 0 Å². The molecule has 0 saturated heterocycles. The smallest absolute Gasteiger partial charge is 0.161 e. The van der Waals surface area contributed by atoms with Gasteiger partial charge in [0.1, 0.15) is 11.0 Å². The number of rotatable bonds is 3. The van der Waals surface area contributed by atoms with Gasteiger partial charge in [-0.25, -0.2) is 15.0 Å². The Kier molecular flexibility index (Phi) is 3.48. The fourth-order valence-electron chi connectivity index (χ4n) is 3.49. The summed E-state index contributed by atoms with van der Waals surface area (Å²) in [5, 5.41) is 7.50. The van der Waals surface area contributed by atoms with Crippen LogP contribution >= 0.6 is 0 Å². The van der Waals surface area contributed by atoms with E-state index in [9.17, 15) is 0 Å². The van der Waals surface area contributed by atoms with Gasteiger partial charge < -0.3 is 9.55 Å². The molecular formula is C21H15N9. The zero-order valence-electron chi connectivity index (χ0n) is 15.9. The molecule has 0 bridgehead atoms. The molecule has 9 heteroatoms. The van der Waals surface area contributed by atoms with Crippen molar-refractivity contribution in [1.82, 2.24) is 44.7 Å². The number of hydrogen-bond donors (Lipinski definition) is 2. The van der Waals surface area contributed by atoms with Gasteiger partial charge in [0, 0.05) is 12.4 Å². The molecule has 0 aliphatic carbocycles. The van der Waals surface area contributed by atoms with Gasteiger partial charge in [0.2, 0.25) is 0 Å². The lowest BCUT2D eigenvalue weighted by Gasteiger charge is -2.01. The van der Waals surface area contributed by atoms with Gasteiger partial charge in [0.05, 0.1) is 52.5 Å². The fraction of sp³-hybridized carbons (Fsp3) is 0.0476. The number of hydrogen-bond acceptors (Lipinski definition) is 6. The lowest BCUT2D eigenvalue weighted by molar-refractivity contribution is 1.05. The molecule has 0 amide bonds. The van der Waals surface area contributed by atoms with Gasteiger partial charge in [-0.1, -0.05) is 6.07 Å². The van der Waals surface area contributed by atoms with Crippen molar-refractivity contribution in [3.05, 3.63) is 67.1 Å². The second-order valence-electron chi connectivity index (χ2n) is 6.94. The summed E-state index contributed by atoms with van der Waals surface area (Å²) in [6.45, 7) is 1.95. The Morgan fingerprint density at radius 3 is 2.70 bits per heavy atom. The molecule has 0 fully saturated rings. The highest BCUT2D eigenvalue weighted by Gasteiger charge is 2.17. The Morgan fingerprint density at radius 1 is 0.900 bits per heavy atom. The van der Waals surface area contributed by atoms with Crippen molar-refractivity contribution in [1.29, 1.82) is 0 Å². The van der Waals surface area contributed by atoms with Crippen molar-refractivity contribution >= 4 is 22.1 Å². The summed E-state index contributed by atoms with van der Waals surface area (Å²) in [5.74, 6) is 0.619. The summed E-state index contributed by atoms with van der Waals surface area (Å²) in [4.78, 5) is 25.9. The number of fused-ring (bicyclic) bond motifs is 2. The first-order valence-electron chi connectivity index (χ1n) is 9.38. The van der Waals surface area contributed by atoms with Crippen LogP contribution in [-0.2, 0) is 0 Å². The third-order valence-electron chi connectivity index (χ3n) is 4.92. The van der Waals surface area contributed by atoms with Crippen molar-refractivity contribution in [2.45, 2.75) is 6.92 Å². The average Bonchev–Trinajstić information content (AvgIpc) is 3.51. The van der Waals surface area contributed by atoms with E-state index in [1.165, 1.54) is 0 Å². The minimum atomic E-state index is 0.619. The van der Waals surface area contributed by atoms with E-state index in [1.807, 2.05) is 48.0 Å². The van der Waals surface area contributed by atoms with E-state index in [2.05, 4.69) is 30.1 Å². The van der Waals surface area contributed by atoms with E-state index in [-0.39, 0.29) is 0 Å². The summed E-state index contributed by atoms with van der Waals surface area (Å²) in [5.41, 5.74) is 7.15. The summed E-state index contributed by atoms with van der Waals surface area (Å²) in [6, 6.07) is 9.63. The highest BCUT2D eigenvalue weighted by molar-refractivity contribution is 5.92. The number of aromatic amines is 2. The van der Waals surface area contributed by atoms with Crippen molar-refractivity contribution in [2.24, 2.45) is 0 Å². The van der Waals surface area contributed by atoms with Gasteiger partial charge in [0.15, 0.2) is 11.5 Å². The van der Waals surface area contributed by atoms with Crippen LogP contribution in [0.4, 0.5) is 0 Å². The maximum Gasteiger partial charge on any atom is 0.161 e. The molecule has 0 radical (unpaired) electrons. The summed E-state index contributed by atoms with van der Waals surface area (Å²) in [6.07, 6.45) is 8.97. The van der Waals surface area contributed by atoms with Crippen molar-refractivity contribution in [3.8, 4) is 28.6 Å². The Hall–Kier alpha value is -4.40. The predicted octanol–water partition coefficient (Wildman–Crippen LogP) is 3.45. The molecule has 30 heavy (non-hydrogen) atoms. The van der Waals surface area contributed by atoms with Crippen LogP contribution in [0, 0.1) is 6.92 Å². The molecule has 6 heterocycles. The molecule has 144 valence electrons. The molecule has 6 aromatic heterocycles. The third kappa shape index (κ3) is 2.56.